The molecule has 1 rings (SSSR count). The van der Waals surface area contributed by atoms with E-state index in [2.05, 4.69) is 0 Å². The van der Waals surface area contributed by atoms with Crippen molar-refractivity contribution in [1.82, 2.24) is 0 Å². The van der Waals surface area contributed by atoms with Crippen LogP contribution >= 0.6 is 11.8 Å². The normalized spacial score (nSPS) is 49.2. The highest BCUT2D eigenvalue weighted by atomic mass is 32.2. The second kappa shape index (κ2) is 3.91. The molecule has 5 N–H and O–H groups in total. The maximum atomic E-state index is 9.22. The lowest BCUT2D eigenvalue weighted by atomic mass is 10.0. The molecule has 0 aliphatic carbocycles. The molecule has 5 atom stereocenters. The van der Waals surface area contributed by atoms with E-state index in [1.165, 1.54) is 0 Å². The Morgan fingerprint density at radius 1 is 0.917 bits per heavy atom. The first kappa shape index (κ1) is 10.2. The minimum Gasteiger partial charge on any atom is -0.395 e. The van der Waals surface area contributed by atoms with Crippen molar-refractivity contribution in [1.29, 1.82) is 0 Å². The topological polar surface area (TPSA) is 101 Å². The summed E-state index contributed by atoms with van der Waals surface area (Å²) in [6.45, 7) is -0.341. The molecule has 0 aromatic heterocycles. The van der Waals surface area contributed by atoms with Gasteiger partial charge in [-0.15, -0.1) is 11.8 Å². The van der Waals surface area contributed by atoms with Crippen LogP contribution in [0.2, 0.25) is 0 Å². The third-order valence-corrected chi connectivity index (χ3v) is 3.20. The molecule has 0 saturated carbocycles. The van der Waals surface area contributed by atoms with Crippen molar-refractivity contribution in [2.45, 2.75) is 29.0 Å². The van der Waals surface area contributed by atoms with Crippen LogP contribution in [0.25, 0.3) is 0 Å². The van der Waals surface area contributed by atoms with Crippen LogP contribution in [0.1, 0.15) is 0 Å². The summed E-state index contributed by atoms with van der Waals surface area (Å²) < 4.78 is 0. The van der Waals surface area contributed by atoms with Gasteiger partial charge in [0.1, 0.15) is 17.6 Å². The van der Waals surface area contributed by atoms with Crippen LogP contribution in [0.15, 0.2) is 0 Å². The van der Waals surface area contributed by atoms with Gasteiger partial charge in [-0.3, -0.25) is 0 Å². The first-order valence-electron chi connectivity index (χ1n) is 3.56. The number of thioether (sulfide) groups is 1. The second-order valence-corrected chi connectivity index (χ2v) is 4.08. The van der Waals surface area contributed by atoms with Gasteiger partial charge >= 0.3 is 0 Å². The fourth-order valence-electron chi connectivity index (χ4n) is 1.08. The van der Waals surface area contributed by atoms with Gasteiger partial charge < -0.3 is 25.5 Å². The van der Waals surface area contributed by atoms with Crippen molar-refractivity contribution in [3.05, 3.63) is 0 Å². The van der Waals surface area contributed by atoms with E-state index in [9.17, 15) is 5.11 Å². The van der Waals surface area contributed by atoms with Gasteiger partial charge in [0.25, 0.3) is 0 Å². The lowest BCUT2D eigenvalue weighted by molar-refractivity contribution is -0.0953. The third kappa shape index (κ3) is 1.73. The lowest BCUT2D eigenvalue weighted by Gasteiger charge is -2.36. The predicted molar refractivity (Wildman–Crippen MR) is 42.5 cm³/mol. The van der Waals surface area contributed by atoms with Crippen LogP contribution in [-0.2, 0) is 0 Å². The van der Waals surface area contributed by atoms with Crippen molar-refractivity contribution >= 4 is 11.8 Å². The Morgan fingerprint density at radius 2 is 1.50 bits per heavy atom. The Balaban J connectivity index is 2.63. The zero-order valence-corrected chi connectivity index (χ0v) is 7.05. The number of aliphatic hydroxyl groups excluding tert-OH is 5. The highest BCUT2D eigenvalue weighted by Gasteiger charge is 2.42. The van der Waals surface area contributed by atoms with E-state index >= 15 is 0 Å². The van der Waals surface area contributed by atoms with Crippen LogP contribution in [0.4, 0.5) is 0 Å². The van der Waals surface area contributed by atoms with Gasteiger partial charge in [0.05, 0.1) is 18.0 Å². The van der Waals surface area contributed by atoms with E-state index in [1.807, 2.05) is 0 Å². The first-order valence-corrected chi connectivity index (χ1v) is 4.50. The van der Waals surface area contributed by atoms with Crippen molar-refractivity contribution < 1.29 is 25.5 Å². The molecule has 72 valence electrons. The van der Waals surface area contributed by atoms with Crippen LogP contribution in [0, 0.1) is 0 Å². The molecule has 1 saturated heterocycles. The molecule has 0 spiro atoms. The molecule has 12 heavy (non-hydrogen) atoms. The maximum absolute atomic E-state index is 9.22. The Morgan fingerprint density at radius 3 is 2.00 bits per heavy atom. The minimum atomic E-state index is -1.39. The number of rotatable bonds is 1. The average Bonchev–Trinajstić information content (AvgIpc) is 2.08. The zero-order chi connectivity index (χ0) is 9.30. The standard InChI is InChI=1S/C6H12O5S/c7-1-2-3(8)4(9)5(10)6(11)12-2/h2-11H,1H2/t2-,3+,4+,5+,6?/m1/s1. The monoisotopic (exact) mass is 196 g/mol. The molecular weight excluding hydrogens is 184 g/mol. The molecular formula is C6H12O5S. The van der Waals surface area contributed by atoms with E-state index < -0.39 is 29.0 Å². The third-order valence-electron chi connectivity index (χ3n) is 1.87. The molecule has 0 aromatic rings. The second-order valence-electron chi connectivity index (χ2n) is 2.72. The van der Waals surface area contributed by atoms with Gasteiger partial charge in [-0.2, -0.15) is 0 Å². The Hall–Kier alpha value is 0.150. The number of hydrogen-bond donors (Lipinski definition) is 5. The van der Waals surface area contributed by atoms with E-state index in [0.29, 0.717) is 0 Å². The molecule has 1 heterocycles. The fourth-order valence-corrected chi connectivity index (χ4v) is 2.17. The summed E-state index contributed by atoms with van der Waals surface area (Å²) in [6.07, 6.45) is -3.94. The largest absolute Gasteiger partial charge is 0.395 e. The quantitative estimate of drug-likeness (QED) is 0.318. The van der Waals surface area contributed by atoms with Crippen LogP contribution in [-0.4, -0.2) is 61.1 Å². The van der Waals surface area contributed by atoms with E-state index in [-0.39, 0.29) is 6.61 Å². The summed E-state index contributed by atoms with van der Waals surface area (Å²) in [6, 6.07) is 0. The first-order chi connectivity index (χ1) is 5.57. The molecule has 0 bridgehead atoms. The Kier molecular flexibility index (Phi) is 3.33. The van der Waals surface area contributed by atoms with E-state index in [0.717, 1.165) is 11.8 Å². The smallest absolute Gasteiger partial charge is 0.128 e. The summed E-state index contributed by atoms with van der Waals surface area (Å²) >= 11 is 0.852. The average molecular weight is 196 g/mol. The van der Waals surface area contributed by atoms with Gasteiger partial charge in [-0.05, 0) is 0 Å². The highest BCUT2D eigenvalue weighted by molar-refractivity contribution is 8.00. The Labute approximate surface area is 73.7 Å². The molecule has 1 aliphatic heterocycles. The molecule has 0 radical (unpaired) electrons. The maximum Gasteiger partial charge on any atom is 0.128 e. The molecule has 0 aromatic carbocycles. The molecule has 5 nitrogen and oxygen atoms in total. The predicted octanol–water partition coefficient (Wildman–Crippen LogP) is -2.50. The van der Waals surface area contributed by atoms with Crippen molar-refractivity contribution in [2.24, 2.45) is 0 Å². The van der Waals surface area contributed by atoms with Gasteiger partial charge in [0, 0.05) is 0 Å². The van der Waals surface area contributed by atoms with Crippen LogP contribution in [0.5, 0.6) is 0 Å². The highest BCUT2D eigenvalue weighted by Crippen LogP contribution is 2.30. The van der Waals surface area contributed by atoms with Crippen molar-refractivity contribution in [3.8, 4) is 0 Å². The molecule has 1 aliphatic rings. The van der Waals surface area contributed by atoms with E-state index in [1.54, 1.807) is 0 Å². The van der Waals surface area contributed by atoms with Crippen LogP contribution < -0.4 is 0 Å². The minimum absolute atomic E-state index is 0.341. The Bertz CT molecular complexity index is 150. The van der Waals surface area contributed by atoms with Gasteiger partial charge in [-0.25, -0.2) is 0 Å². The molecule has 0 amide bonds. The van der Waals surface area contributed by atoms with Crippen LogP contribution in [0.3, 0.4) is 0 Å². The zero-order valence-electron chi connectivity index (χ0n) is 6.24. The summed E-state index contributed by atoms with van der Waals surface area (Å²) in [5.41, 5.74) is -1.15. The summed E-state index contributed by atoms with van der Waals surface area (Å²) in [5, 5.41) is 44.6. The molecule has 1 unspecified atom stereocenters. The lowest BCUT2D eigenvalue weighted by Crippen LogP contribution is -2.53. The SMILES string of the molecule is OC[C@H]1SC(O)[C@@H](O)[C@@H](O)[C@H]1O. The van der Waals surface area contributed by atoms with Gasteiger partial charge in [0.15, 0.2) is 0 Å². The van der Waals surface area contributed by atoms with Crippen molar-refractivity contribution in [2.75, 3.05) is 6.61 Å². The summed E-state index contributed by atoms with van der Waals surface area (Å²) in [7, 11) is 0. The fraction of sp³-hybridized carbons (Fsp3) is 1.00. The molecule has 6 heteroatoms. The summed E-state index contributed by atoms with van der Waals surface area (Å²) in [4.78, 5) is 0. The van der Waals surface area contributed by atoms with Gasteiger partial charge in [0.2, 0.25) is 0 Å². The molecule has 1 fully saturated rings. The van der Waals surface area contributed by atoms with E-state index in [4.69, 9.17) is 20.4 Å². The van der Waals surface area contributed by atoms with Crippen molar-refractivity contribution in [3.63, 3.8) is 0 Å². The number of hydrogen-bond acceptors (Lipinski definition) is 6. The summed E-state index contributed by atoms with van der Waals surface area (Å²) in [5.74, 6) is 0. The number of aliphatic hydroxyl groups is 5. The van der Waals surface area contributed by atoms with Gasteiger partial charge in [-0.1, -0.05) is 0 Å².